The van der Waals surface area contributed by atoms with E-state index in [1.807, 2.05) is 20.8 Å². The lowest BCUT2D eigenvalue weighted by atomic mass is 9.77. The number of methoxy groups -OCH3 is 1. The van der Waals surface area contributed by atoms with Gasteiger partial charge in [-0.2, -0.15) is 0 Å². The number of sulfonamides is 1. The summed E-state index contributed by atoms with van der Waals surface area (Å²) >= 11 is 0. The van der Waals surface area contributed by atoms with Crippen LogP contribution in [0, 0.1) is 28.6 Å². The van der Waals surface area contributed by atoms with E-state index in [9.17, 15) is 32.4 Å². The molecule has 3 aliphatic carbocycles. The van der Waals surface area contributed by atoms with E-state index in [4.69, 9.17) is 14.2 Å². The number of rotatable bonds is 8. The number of amides is 2. The van der Waals surface area contributed by atoms with Gasteiger partial charge in [0.25, 0.3) is 5.56 Å². The van der Waals surface area contributed by atoms with Crippen molar-refractivity contribution in [1.29, 1.82) is 0 Å². The van der Waals surface area contributed by atoms with E-state index in [2.05, 4.69) is 11.3 Å². The molecule has 2 aliphatic heterocycles. The van der Waals surface area contributed by atoms with Gasteiger partial charge in [-0.3, -0.25) is 33.3 Å². The number of carbonyl (C=O) groups excluding carboxylic acids is 4. The van der Waals surface area contributed by atoms with Crippen LogP contribution in [0.25, 0.3) is 10.8 Å². The maximum Gasteiger partial charge on any atom is 0.306 e. The Hall–Kier alpha value is -4.20. The number of esters is 1. The van der Waals surface area contributed by atoms with E-state index < -0.39 is 73.7 Å². The molecule has 1 unspecified atom stereocenters. The van der Waals surface area contributed by atoms with Gasteiger partial charge in [-0.1, -0.05) is 39.7 Å². The van der Waals surface area contributed by atoms with Gasteiger partial charge in [-0.15, -0.1) is 6.58 Å². The van der Waals surface area contributed by atoms with E-state index in [0.717, 1.165) is 38.5 Å². The molecule has 0 spiro atoms. The minimum Gasteiger partial charge on any atom is -0.497 e. The topological polar surface area (TPSA) is 167 Å². The van der Waals surface area contributed by atoms with Gasteiger partial charge in [0.2, 0.25) is 21.8 Å². The number of nitrogens with zero attached hydrogens (tertiary/aromatic N) is 2. The van der Waals surface area contributed by atoms with Gasteiger partial charge in [-0.25, -0.2) is 8.42 Å². The molecule has 1 aromatic carbocycles. The maximum atomic E-state index is 14.8. The molecule has 4 fully saturated rings. The van der Waals surface area contributed by atoms with Gasteiger partial charge in [-0.05, 0) is 92.2 Å². The molecule has 7 rings (SSSR count). The monoisotopic (exact) mass is 807 g/mol. The fourth-order valence-corrected chi connectivity index (χ4v) is 10.7. The number of nitrogens with one attached hydrogen (secondary N) is 1. The van der Waals surface area contributed by atoms with E-state index in [0.29, 0.717) is 48.2 Å². The number of allylic oxidation sites excluding steroid dienone is 1. The molecule has 0 radical (unpaired) electrons. The predicted molar refractivity (Wildman–Crippen MR) is 213 cm³/mol. The van der Waals surface area contributed by atoms with Crippen LogP contribution in [0.2, 0.25) is 0 Å². The lowest BCUT2D eigenvalue weighted by molar-refractivity contribution is -0.158. The summed E-state index contributed by atoms with van der Waals surface area (Å²) in [5, 5.41) is 0.519. The standard InChI is InChI=1S/C43H57N3O10S/c1-6-28-23-43(28,41(51)44-57(52,53)31-15-16-31)24-35(47)34-21-30-25-46(34)40(50)33(42(2,3)4)22-38(48)56-36-13-10-12-26(36)11-8-7-9-18-45-37(55-30)20-27-19-29(54-5)14-17-32(27)39(45)49/h6,14,17,19-20,26,28,30-31,33-34,36H,1,7-13,15-16,18,21-25H2,2-5H3,(H,44,51)/t26?,28-,30-,33-,34+,36-,43-/m1/s1. The summed E-state index contributed by atoms with van der Waals surface area (Å²) in [5.74, 6) is -2.13. The van der Waals surface area contributed by atoms with Crippen molar-refractivity contribution in [2.24, 2.45) is 28.6 Å². The third-order valence-corrected chi connectivity index (χ3v) is 14.9. The van der Waals surface area contributed by atoms with Gasteiger partial charge >= 0.3 is 5.97 Å². The summed E-state index contributed by atoms with van der Waals surface area (Å²) in [6.45, 7) is 9.88. The first-order chi connectivity index (χ1) is 27.0. The lowest BCUT2D eigenvalue weighted by Gasteiger charge is -2.35. The van der Waals surface area contributed by atoms with Crippen molar-refractivity contribution < 1.29 is 41.8 Å². The number of aromatic nitrogens is 1. The number of fused-ring (bicyclic) bond motifs is 5. The average molecular weight is 808 g/mol. The van der Waals surface area contributed by atoms with Crippen molar-refractivity contribution >= 4 is 44.4 Å². The van der Waals surface area contributed by atoms with Crippen molar-refractivity contribution in [2.75, 3.05) is 13.7 Å². The van der Waals surface area contributed by atoms with Gasteiger partial charge in [0.05, 0.1) is 42.7 Å². The van der Waals surface area contributed by atoms with E-state index >= 15 is 0 Å². The number of carbonyl (C=O) groups is 4. The zero-order valence-electron chi connectivity index (χ0n) is 33.6. The molecule has 2 bridgehead atoms. The molecule has 1 saturated heterocycles. The van der Waals surface area contributed by atoms with Crippen molar-refractivity contribution in [3.05, 3.63) is 47.3 Å². The van der Waals surface area contributed by atoms with Crippen molar-refractivity contribution in [3.8, 4) is 11.6 Å². The van der Waals surface area contributed by atoms with Gasteiger partial charge in [0.15, 0.2) is 11.7 Å². The first-order valence-electron chi connectivity index (χ1n) is 20.6. The number of Topliss-reactive ketones (excluding diaryl/α,β-unsaturated/α-hetero) is 1. The third kappa shape index (κ3) is 8.52. The summed E-state index contributed by atoms with van der Waals surface area (Å²) in [5.41, 5.74) is -2.23. The molecule has 57 heavy (non-hydrogen) atoms. The number of ether oxygens (including phenoxy) is 3. The fourth-order valence-electron chi connectivity index (χ4n) is 9.35. The molecule has 3 heterocycles. The largest absolute Gasteiger partial charge is 0.497 e. The molecule has 1 N–H and O–H groups in total. The summed E-state index contributed by atoms with van der Waals surface area (Å²) in [4.78, 5) is 72.3. The Labute approximate surface area is 334 Å². The molecule has 2 amide bonds. The number of hydrogen-bond donors (Lipinski definition) is 1. The molecule has 310 valence electrons. The molecule has 13 nitrogen and oxygen atoms in total. The highest BCUT2D eigenvalue weighted by atomic mass is 32.2. The Morgan fingerprint density at radius 2 is 1.77 bits per heavy atom. The Bertz CT molecular complexity index is 2100. The number of pyridine rings is 1. The molecule has 7 atom stereocenters. The highest BCUT2D eigenvalue weighted by molar-refractivity contribution is 7.90. The summed E-state index contributed by atoms with van der Waals surface area (Å²) < 4.78 is 47.7. The fraction of sp³-hybridized carbons (Fsp3) is 0.651. The first-order valence-corrected chi connectivity index (χ1v) is 22.2. The van der Waals surface area contributed by atoms with Gasteiger partial charge < -0.3 is 19.1 Å². The van der Waals surface area contributed by atoms with Crippen LogP contribution in [-0.2, 0) is 40.5 Å². The molecule has 2 aromatic rings. The van der Waals surface area contributed by atoms with Gasteiger partial charge in [0, 0.05) is 30.8 Å². The molecular formula is C43H57N3O10S. The van der Waals surface area contributed by atoms with Crippen LogP contribution < -0.4 is 19.8 Å². The minimum atomic E-state index is -3.87. The highest BCUT2D eigenvalue weighted by Gasteiger charge is 2.61. The molecular weight excluding hydrogens is 751 g/mol. The molecule has 14 heteroatoms. The Morgan fingerprint density at radius 1 is 1.02 bits per heavy atom. The van der Waals surface area contributed by atoms with Crippen LogP contribution in [0.4, 0.5) is 0 Å². The van der Waals surface area contributed by atoms with Gasteiger partial charge in [0.1, 0.15) is 18.0 Å². The summed E-state index contributed by atoms with van der Waals surface area (Å²) in [6.07, 6.45) is 7.50. The van der Waals surface area contributed by atoms with E-state index in [-0.39, 0.29) is 49.8 Å². The Balaban J connectivity index is 1.25. The van der Waals surface area contributed by atoms with Crippen molar-refractivity contribution in [3.63, 3.8) is 0 Å². The summed E-state index contributed by atoms with van der Waals surface area (Å²) in [7, 11) is -2.32. The lowest BCUT2D eigenvalue weighted by Crippen LogP contribution is -2.48. The predicted octanol–water partition coefficient (Wildman–Crippen LogP) is 5.46. The van der Waals surface area contributed by atoms with Crippen molar-refractivity contribution in [1.82, 2.24) is 14.2 Å². The van der Waals surface area contributed by atoms with Crippen LogP contribution in [0.5, 0.6) is 11.6 Å². The van der Waals surface area contributed by atoms with Crippen LogP contribution >= 0.6 is 0 Å². The number of benzene rings is 1. The second-order valence-corrected chi connectivity index (χ2v) is 20.0. The number of hydrogen-bond acceptors (Lipinski definition) is 10. The normalized spacial score (nSPS) is 29.9. The minimum absolute atomic E-state index is 0.00789. The van der Waals surface area contributed by atoms with Crippen LogP contribution in [0.15, 0.2) is 41.7 Å². The zero-order chi connectivity index (χ0) is 40.9. The van der Waals surface area contributed by atoms with Crippen LogP contribution in [0.1, 0.15) is 104 Å². The summed E-state index contributed by atoms with van der Waals surface area (Å²) in [6, 6.07) is 6.02. The third-order valence-electron chi connectivity index (χ3n) is 13.1. The molecule has 5 aliphatic rings. The van der Waals surface area contributed by atoms with E-state index in [1.165, 1.54) is 4.90 Å². The smallest absolute Gasteiger partial charge is 0.306 e. The van der Waals surface area contributed by atoms with E-state index in [1.54, 1.807) is 42.0 Å². The zero-order valence-corrected chi connectivity index (χ0v) is 34.4. The first kappa shape index (κ1) is 41.0. The quantitative estimate of drug-likeness (QED) is 0.268. The van der Waals surface area contributed by atoms with Crippen LogP contribution in [0.3, 0.4) is 0 Å². The Morgan fingerprint density at radius 3 is 2.46 bits per heavy atom. The second kappa shape index (κ2) is 15.9. The number of ketones is 1. The second-order valence-electron chi connectivity index (χ2n) is 18.1. The average Bonchev–Trinajstić information content (AvgIpc) is 4.05. The Kier molecular flexibility index (Phi) is 11.4. The maximum absolute atomic E-state index is 14.8. The molecule has 3 saturated carbocycles. The molecule has 1 aromatic heterocycles. The SMILES string of the molecule is C=C[C@@H]1C[C@]1(CC(=O)[C@@H]1C[C@@H]2CN1C(=O)[C@H](C(C)(C)C)CC(=O)O[C@@H]1CCCC1CCCCCn1c(cc3cc(OC)ccc3c1=O)O2)C(=O)NS(=O)(=O)C1CC1. The van der Waals surface area contributed by atoms with Crippen LogP contribution in [-0.4, -0.2) is 78.6 Å². The van der Waals surface area contributed by atoms with Crippen molar-refractivity contribution in [2.45, 2.75) is 134 Å². The highest BCUT2D eigenvalue weighted by Crippen LogP contribution is 2.57.